The minimum atomic E-state index is -0.114. The highest BCUT2D eigenvalue weighted by Crippen LogP contribution is 2.24. The molecule has 0 amide bonds. The van der Waals surface area contributed by atoms with E-state index in [4.69, 9.17) is 26.3 Å². The molecule has 0 saturated heterocycles. The lowest BCUT2D eigenvalue weighted by atomic mass is 9.98. The number of fused-ring (bicyclic) bond motifs is 1. The van der Waals surface area contributed by atoms with Crippen LogP contribution >= 0.6 is 11.6 Å². The normalized spacial score (nSPS) is 14.4. The van der Waals surface area contributed by atoms with Crippen LogP contribution in [0.5, 0.6) is 0 Å². The highest BCUT2D eigenvalue weighted by Gasteiger charge is 2.21. The van der Waals surface area contributed by atoms with E-state index in [2.05, 4.69) is 49.1 Å². The molecule has 0 N–H and O–H groups in total. The van der Waals surface area contributed by atoms with Gasteiger partial charge < -0.3 is 4.74 Å². The number of carbonyl (C=O) groups is 1. The van der Waals surface area contributed by atoms with Gasteiger partial charge in [-0.15, -0.1) is 0 Å². The predicted octanol–water partition coefficient (Wildman–Crippen LogP) is 5.84. The number of ether oxygens (including phenoxy) is 1. The number of halogens is 1. The van der Waals surface area contributed by atoms with E-state index >= 15 is 0 Å². The Hall–Kier alpha value is -2.76. The smallest absolute Gasteiger partial charge is 0.306 e. The molecule has 1 aliphatic heterocycles. The van der Waals surface area contributed by atoms with Gasteiger partial charge in [0.05, 0.1) is 12.3 Å². The monoisotopic (exact) mass is 491 g/mol. The summed E-state index contributed by atoms with van der Waals surface area (Å²) in [4.78, 5) is 23.8. The van der Waals surface area contributed by atoms with Gasteiger partial charge in [0, 0.05) is 54.8 Å². The SMILES string of the molecule is CCOC(=O)CC(C)CN1CCc2nc(-c3ccc(CCc4ccc(Cl)cc4)c(C)c3)ncc2C1. The molecule has 1 aromatic heterocycles. The Morgan fingerprint density at radius 2 is 1.97 bits per heavy atom. The van der Waals surface area contributed by atoms with Gasteiger partial charge in [0.25, 0.3) is 0 Å². The second-order valence-corrected chi connectivity index (χ2v) is 9.97. The van der Waals surface area contributed by atoms with Crippen LogP contribution in [0.25, 0.3) is 11.4 Å². The Bertz CT molecular complexity index is 1160. The van der Waals surface area contributed by atoms with Gasteiger partial charge in [0.1, 0.15) is 0 Å². The van der Waals surface area contributed by atoms with Crippen LogP contribution in [0.4, 0.5) is 0 Å². The Balaban J connectivity index is 1.37. The van der Waals surface area contributed by atoms with Crippen molar-refractivity contribution in [2.24, 2.45) is 5.92 Å². The fourth-order valence-corrected chi connectivity index (χ4v) is 4.85. The summed E-state index contributed by atoms with van der Waals surface area (Å²) in [5.74, 6) is 0.939. The van der Waals surface area contributed by atoms with E-state index in [0.29, 0.717) is 13.0 Å². The molecule has 0 fully saturated rings. The maximum Gasteiger partial charge on any atom is 0.306 e. The number of nitrogens with zero attached hydrogens (tertiary/aromatic N) is 3. The van der Waals surface area contributed by atoms with Gasteiger partial charge in [-0.3, -0.25) is 9.69 Å². The maximum atomic E-state index is 11.8. The van der Waals surface area contributed by atoms with Gasteiger partial charge in [0.2, 0.25) is 0 Å². The third-order valence-corrected chi connectivity index (χ3v) is 6.85. The zero-order valence-corrected chi connectivity index (χ0v) is 21.6. The molecular weight excluding hydrogens is 458 g/mol. The van der Waals surface area contributed by atoms with Crippen LogP contribution in [-0.4, -0.2) is 40.5 Å². The van der Waals surface area contributed by atoms with Crippen molar-refractivity contribution in [3.8, 4) is 11.4 Å². The number of hydrogen-bond acceptors (Lipinski definition) is 5. The van der Waals surface area contributed by atoms with Gasteiger partial charge >= 0.3 is 5.97 Å². The molecule has 1 unspecified atom stereocenters. The summed E-state index contributed by atoms with van der Waals surface area (Å²) >= 11 is 6.00. The first-order valence-electron chi connectivity index (χ1n) is 12.5. The molecule has 184 valence electrons. The van der Waals surface area contributed by atoms with E-state index in [-0.39, 0.29) is 11.9 Å². The van der Waals surface area contributed by atoms with Crippen molar-refractivity contribution in [3.63, 3.8) is 0 Å². The van der Waals surface area contributed by atoms with Crippen LogP contribution in [0.3, 0.4) is 0 Å². The molecule has 0 radical (unpaired) electrons. The molecule has 1 atom stereocenters. The van der Waals surface area contributed by atoms with Crippen LogP contribution in [0.1, 0.15) is 48.2 Å². The molecule has 1 aliphatic rings. The first kappa shape index (κ1) is 25.3. The molecule has 0 saturated carbocycles. The van der Waals surface area contributed by atoms with Crippen LogP contribution in [-0.2, 0) is 35.3 Å². The second-order valence-electron chi connectivity index (χ2n) is 9.53. The Labute approximate surface area is 213 Å². The average Bonchev–Trinajstić information content (AvgIpc) is 2.84. The number of hydrogen-bond donors (Lipinski definition) is 0. The predicted molar refractivity (Wildman–Crippen MR) is 140 cm³/mol. The first-order chi connectivity index (χ1) is 16.9. The van der Waals surface area contributed by atoms with E-state index in [9.17, 15) is 4.79 Å². The Morgan fingerprint density at radius 1 is 1.17 bits per heavy atom. The molecule has 2 aromatic carbocycles. The molecular formula is C29H34ClN3O2. The Morgan fingerprint density at radius 3 is 2.71 bits per heavy atom. The van der Waals surface area contributed by atoms with E-state index in [1.54, 1.807) is 0 Å². The third kappa shape index (κ3) is 6.89. The average molecular weight is 492 g/mol. The summed E-state index contributed by atoms with van der Waals surface area (Å²) in [6, 6.07) is 14.6. The topological polar surface area (TPSA) is 55.3 Å². The molecule has 35 heavy (non-hydrogen) atoms. The van der Waals surface area contributed by atoms with Crippen molar-refractivity contribution >= 4 is 17.6 Å². The van der Waals surface area contributed by atoms with Crippen LogP contribution in [0.15, 0.2) is 48.7 Å². The molecule has 0 aliphatic carbocycles. The van der Waals surface area contributed by atoms with Crippen LogP contribution in [0, 0.1) is 12.8 Å². The standard InChI is InChI=1S/C29H34ClN3O2/c1-4-35-28(34)15-20(2)18-33-14-13-27-25(19-33)17-31-29(32-27)24-10-9-23(21(3)16-24)8-5-22-6-11-26(30)12-7-22/h6-7,9-12,16-17,20H,4-5,8,13-15,18-19H2,1-3H3. The van der Waals surface area contributed by atoms with E-state index < -0.39 is 0 Å². The van der Waals surface area contributed by atoms with Gasteiger partial charge in [0.15, 0.2) is 5.82 Å². The molecule has 5 nitrogen and oxygen atoms in total. The fraction of sp³-hybridized carbons (Fsp3) is 0.414. The maximum absolute atomic E-state index is 11.8. The Kier molecular flexibility index (Phi) is 8.53. The lowest BCUT2D eigenvalue weighted by Gasteiger charge is -2.30. The van der Waals surface area contributed by atoms with Gasteiger partial charge in [-0.25, -0.2) is 9.97 Å². The number of carbonyl (C=O) groups excluding carboxylic acids is 1. The summed E-state index contributed by atoms with van der Waals surface area (Å²) in [5, 5.41) is 0.774. The van der Waals surface area contributed by atoms with Crippen molar-refractivity contribution in [3.05, 3.63) is 81.6 Å². The molecule has 6 heteroatoms. The minimum absolute atomic E-state index is 0.114. The fourth-order valence-electron chi connectivity index (χ4n) is 4.72. The largest absolute Gasteiger partial charge is 0.466 e. The molecule has 3 aromatic rings. The summed E-state index contributed by atoms with van der Waals surface area (Å²) in [6.07, 6.45) is 5.31. The molecule has 2 heterocycles. The van der Waals surface area contributed by atoms with E-state index in [1.807, 2.05) is 25.3 Å². The number of benzene rings is 2. The first-order valence-corrected chi connectivity index (χ1v) is 12.9. The van der Waals surface area contributed by atoms with Crippen molar-refractivity contribution in [2.45, 2.75) is 53.0 Å². The van der Waals surface area contributed by atoms with Crippen molar-refractivity contribution < 1.29 is 9.53 Å². The zero-order valence-electron chi connectivity index (χ0n) is 20.9. The molecule has 4 rings (SSSR count). The van der Waals surface area contributed by atoms with Gasteiger partial charge in [-0.05, 0) is 67.5 Å². The molecule has 0 spiro atoms. The van der Waals surface area contributed by atoms with Crippen LogP contribution in [0.2, 0.25) is 5.02 Å². The summed E-state index contributed by atoms with van der Waals surface area (Å²) in [5.41, 5.74) is 7.27. The zero-order chi connectivity index (χ0) is 24.8. The third-order valence-electron chi connectivity index (χ3n) is 6.60. The second kappa shape index (κ2) is 11.8. The number of aromatic nitrogens is 2. The van der Waals surface area contributed by atoms with Gasteiger partial charge in [-0.1, -0.05) is 42.8 Å². The van der Waals surface area contributed by atoms with Crippen LogP contribution < -0.4 is 0 Å². The number of aryl methyl sites for hydroxylation is 3. The lowest BCUT2D eigenvalue weighted by molar-refractivity contribution is -0.144. The summed E-state index contributed by atoms with van der Waals surface area (Å²) < 4.78 is 5.08. The highest BCUT2D eigenvalue weighted by atomic mass is 35.5. The van der Waals surface area contributed by atoms with Crippen molar-refractivity contribution in [1.29, 1.82) is 0 Å². The quantitative estimate of drug-likeness (QED) is 0.352. The van der Waals surface area contributed by atoms with E-state index in [0.717, 1.165) is 61.0 Å². The minimum Gasteiger partial charge on any atom is -0.466 e. The summed E-state index contributed by atoms with van der Waals surface area (Å²) in [6.45, 7) is 9.19. The summed E-state index contributed by atoms with van der Waals surface area (Å²) in [7, 11) is 0. The van der Waals surface area contributed by atoms with Crippen molar-refractivity contribution in [2.75, 3.05) is 19.7 Å². The van der Waals surface area contributed by atoms with Crippen molar-refractivity contribution in [1.82, 2.24) is 14.9 Å². The number of esters is 1. The van der Waals surface area contributed by atoms with E-state index in [1.165, 1.54) is 22.3 Å². The number of rotatable bonds is 9. The molecule has 0 bridgehead atoms. The van der Waals surface area contributed by atoms with Gasteiger partial charge in [-0.2, -0.15) is 0 Å². The highest BCUT2D eigenvalue weighted by molar-refractivity contribution is 6.30. The lowest BCUT2D eigenvalue weighted by Crippen LogP contribution is -2.35.